The highest BCUT2D eigenvalue weighted by atomic mass is 16.3. The van der Waals surface area contributed by atoms with Crippen LogP contribution in [-0.2, 0) is 6.42 Å². The van der Waals surface area contributed by atoms with E-state index in [-0.39, 0.29) is 12.0 Å². The Bertz CT molecular complexity index is 483. The van der Waals surface area contributed by atoms with E-state index in [0.717, 1.165) is 17.8 Å². The van der Waals surface area contributed by atoms with Crippen molar-refractivity contribution in [2.24, 2.45) is 0 Å². The molecule has 2 aliphatic heterocycles. The summed E-state index contributed by atoms with van der Waals surface area (Å²) >= 11 is 0. The van der Waals surface area contributed by atoms with Crippen molar-refractivity contribution < 1.29 is 9.90 Å². The summed E-state index contributed by atoms with van der Waals surface area (Å²) in [6, 6.07) is 0. The Kier molecular flexibility index (Phi) is 2.25. The largest absolute Gasteiger partial charge is 0.389 e. The minimum absolute atomic E-state index is 0.126. The minimum Gasteiger partial charge on any atom is -0.389 e. The van der Waals surface area contributed by atoms with E-state index in [0.29, 0.717) is 31.2 Å². The number of aryl methyl sites for hydroxylation is 1. The number of anilines is 1. The zero-order valence-corrected chi connectivity index (χ0v) is 9.60. The Labute approximate surface area is 98.7 Å². The van der Waals surface area contributed by atoms with E-state index < -0.39 is 0 Å². The lowest BCUT2D eigenvalue weighted by Crippen LogP contribution is -2.52. The maximum absolute atomic E-state index is 11.7. The number of aliphatic hydroxyl groups excluding tert-OH is 1. The fraction of sp³-hybridized carbons (Fsp3) is 0.545. The van der Waals surface area contributed by atoms with E-state index in [4.69, 9.17) is 0 Å². The minimum atomic E-state index is -0.279. The summed E-state index contributed by atoms with van der Waals surface area (Å²) in [6.07, 6.45) is 0.474. The second kappa shape index (κ2) is 3.66. The van der Waals surface area contributed by atoms with Gasteiger partial charge in [0.15, 0.2) is 0 Å². The van der Waals surface area contributed by atoms with Crippen molar-refractivity contribution in [2.45, 2.75) is 19.4 Å². The monoisotopic (exact) mass is 234 g/mol. The summed E-state index contributed by atoms with van der Waals surface area (Å²) in [4.78, 5) is 22.3. The molecule has 1 aromatic heterocycles. The molecule has 0 saturated carbocycles. The van der Waals surface area contributed by atoms with Crippen LogP contribution < -0.4 is 10.2 Å². The molecule has 2 aliphatic rings. The van der Waals surface area contributed by atoms with Gasteiger partial charge in [-0.3, -0.25) is 4.79 Å². The Hall–Kier alpha value is -1.69. The van der Waals surface area contributed by atoms with Crippen LogP contribution in [0, 0.1) is 6.92 Å². The van der Waals surface area contributed by atoms with Crippen molar-refractivity contribution in [2.75, 3.05) is 24.5 Å². The van der Waals surface area contributed by atoms with Crippen molar-refractivity contribution >= 4 is 11.7 Å². The molecule has 0 aromatic carbocycles. The highest BCUT2D eigenvalue weighted by molar-refractivity contribution is 5.96. The molecular weight excluding hydrogens is 220 g/mol. The van der Waals surface area contributed by atoms with E-state index in [1.54, 1.807) is 6.92 Å². The van der Waals surface area contributed by atoms with Gasteiger partial charge in [-0.1, -0.05) is 0 Å². The predicted molar refractivity (Wildman–Crippen MR) is 61.0 cm³/mol. The number of hydrogen-bond donors (Lipinski definition) is 2. The first-order valence-corrected chi connectivity index (χ1v) is 5.74. The van der Waals surface area contributed by atoms with E-state index in [1.807, 2.05) is 4.90 Å². The normalized spacial score (nSPS) is 19.6. The number of carbonyl (C=O) groups excluding carboxylic acids is 1. The molecule has 0 radical (unpaired) electrons. The molecule has 17 heavy (non-hydrogen) atoms. The summed E-state index contributed by atoms with van der Waals surface area (Å²) < 4.78 is 0. The lowest BCUT2D eigenvalue weighted by molar-refractivity contribution is 0.0940. The van der Waals surface area contributed by atoms with Gasteiger partial charge in [0.25, 0.3) is 5.91 Å². The number of fused-ring (bicyclic) bond motifs is 1. The third-order valence-corrected chi connectivity index (χ3v) is 3.13. The number of rotatable bonds is 1. The average Bonchev–Trinajstić information content (AvgIpc) is 2.25. The van der Waals surface area contributed by atoms with Crippen molar-refractivity contribution in [3.05, 3.63) is 17.1 Å². The molecule has 2 N–H and O–H groups in total. The van der Waals surface area contributed by atoms with Gasteiger partial charge in [-0.05, 0) is 13.3 Å². The molecule has 6 heteroatoms. The zero-order valence-electron chi connectivity index (χ0n) is 9.60. The number of aliphatic hydroxyl groups is 1. The molecule has 6 nitrogen and oxygen atoms in total. The molecule has 3 heterocycles. The van der Waals surface area contributed by atoms with Crippen LogP contribution in [0.25, 0.3) is 0 Å². The molecular formula is C11H14N4O2. The number of nitrogens with zero attached hydrogens (tertiary/aromatic N) is 3. The van der Waals surface area contributed by atoms with Gasteiger partial charge in [0.1, 0.15) is 17.3 Å². The lowest BCUT2D eigenvalue weighted by Gasteiger charge is -2.38. The Balaban J connectivity index is 2.05. The SMILES string of the molecule is Cc1nc2c(c(N3CC(O)C3)n1)CCNC2=O. The van der Waals surface area contributed by atoms with Crippen LogP contribution >= 0.6 is 0 Å². The van der Waals surface area contributed by atoms with Gasteiger partial charge in [-0.15, -0.1) is 0 Å². The maximum atomic E-state index is 11.7. The molecule has 0 unspecified atom stereocenters. The standard InChI is InChI=1S/C11H14N4O2/c1-6-13-9-8(2-3-12-11(9)17)10(14-6)15-4-7(16)5-15/h7,16H,2-5H2,1H3,(H,12,17). The van der Waals surface area contributed by atoms with E-state index in [1.165, 1.54) is 0 Å². The Morgan fingerprint density at radius 1 is 1.41 bits per heavy atom. The topological polar surface area (TPSA) is 78.3 Å². The summed E-state index contributed by atoms with van der Waals surface area (Å²) in [7, 11) is 0. The molecule has 0 spiro atoms. The molecule has 1 fully saturated rings. The van der Waals surface area contributed by atoms with Gasteiger partial charge in [0.2, 0.25) is 0 Å². The van der Waals surface area contributed by atoms with Crippen LogP contribution in [0.15, 0.2) is 0 Å². The van der Waals surface area contributed by atoms with Gasteiger partial charge in [0, 0.05) is 25.2 Å². The highest BCUT2D eigenvalue weighted by Crippen LogP contribution is 2.27. The number of hydrogen-bond acceptors (Lipinski definition) is 5. The van der Waals surface area contributed by atoms with Crippen LogP contribution in [0.4, 0.5) is 5.82 Å². The fourth-order valence-electron chi connectivity index (χ4n) is 2.27. The maximum Gasteiger partial charge on any atom is 0.270 e. The van der Waals surface area contributed by atoms with Gasteiger partial charge in [-0.2, -0.15) is 0 Å². The van der Waals surface area contributed by atoms with Crippen LogP contribution in [0.2, 0.25) is 0 Å². The third kappa shape index (κ3) is 1.64. The molecule has 0 atom stereocenters. The average molecular weight is 234 g/mol. The number of β-amino-alcohol motifs (C(OH)–C–C–N with tert-alkyl or cyclic N) is 1. The third-order valence-electron chi connectivity index (χ3n) is 3.13. The second-order valence-electron chi connectivity index (χ2n) is 4.49. The van der Waals surface area contributed by atoms with Crippen molar-refractivity contribution in [3.8, 4) is 0 Å². The predicted octanol–water partition coefficient (Wildman–Crippen LogP) is -0.748. The molecule has 1 saturated heterocycles. The summed E-state index contributed by atoms with van der Waals surface area (Å²) in [5.74, 6) is 1.28. The summed E-state index contributed by atoms with van der Waals surface area (Å²) in [5.41, 5.74) is 1.39. The van der Waals surface area contributed by atoms with E-state index in [9.17, 15) is 9.90 Å². The first-order chi connectivity index (χ1) is 8.15. The number of amides is 1. The number of carbonyl (C=O) groups is 1. The zero-order chi connectivity index (χ0) is 12.0. The highest BCUT2D eigenvalue weighted by Gasteiger charge is 2.31. The van der Waals surface area contributed by atoms with Crippen LogP contribution in [0.5, 0.6) is 0 Å². The number of nitrogens with one attached hydrogen (secondary N) is 1. The van der Waals surface area contributed by atoms with Crippen molar-refractivity contribution in [1.29, 1.82) is 0 Å². The molecule has 3 rings (SSSR count). The molecule has 1 aromatic rings. The Morgan fingerprint density at radius 2 is 2.18 bits per heavy atom. The quantitative estimate of drug-likeness (QED) is 0.668. The first kappa shape index (κ1) is 10.5. The number of aromatic nitrogens is 2. The molecule has 90 valence electrons. The van der Waals surface area contributed by atoms with Gasteiger partial charge >= 0.3 is 0 Å². The summed E-state index contributed by atoms with van der Waals surface area (Å²) in [6.45, 7) is 3.58. The lowest BCUT2D eigenvalue weighted by atomic mass is 10.0. The molecule has 0 bridgehead atoms. The van der Waals surface area contributed by atoms with Gasteiger partial charge < -0.3 is 15.3 Å². The first-order valence-electron chi connectivity index (χ1n) is 5.74. The second-order valence-corrected chi connectivity index (χ2v) is 4.49. The van der Waals surface area contributed by atoms with Crippen LogP contribution in [0.3, 0.4) is 0 Å². The van der Waals surface area contributed by atoms with Crippen LogP contribution in [-0.4, -0.2) is 46.7 Å². The molecule has 0 aliphatic carbocycles. The van der Waals surface area contributed by atoms with E-state index in [2.05, 4.69) is 15.3 Å². The van der Waals surface area contributed by atoms with Gasteiger partial charge in [0.05, 0.1) is 6.10 Å². The smallest absolute Gasteiger partial charge is 0.270 e. The summed E-state index contributed by atoms with van der Waals surface area (Å²) in [5, 5.41) is 12.1. The van der Waals surface area contributed by atoms with Crippen LogP contribution in [0.1, 0.15) is 21.9 Å². The van der Waals surface area contributed by atoms with Crippen molar-refractivity contribution in [3.63, 3.8) is 0 Å². The van der Waals surface area contributed by atoms with Crippen molar-refractivity contribution in [1.82, 2.24) is 15.3 Å². The van der Waals surface area contributed by atoms with E-state index >= 15 is 0 Å². The Morgan fingerprint density at radius 3 is 2.88 bits per heavy atom. The van der Waals surface area contributed by atoms with Gasteiger partial charge in [-0.25, -0.2) is 9.97 Å². The molecule has 1 amide bonds. The fourth-order valence-corrected chi connectivity index (χ4v) is 2.27.